The Bertz CT molecular complexity index is 487. The summed E-state index contributed by atoms with van der Waals surface area (Å²) in [7, 11) is -0.859. The highest BCUT2D eigenvalue weighted by atomic mass is 35.5. The summed E-state index contributed by atoms with van der Waals surface area (Å²) in [6.07, 6.45) is 7.68. The van der Waals surface area contributed by atoms with E-state index in [-0.39, 0.29) is 25.6 Å². The number of aryl methyl sites for hydroxylation is 1. The van der Waals surface area contributed by atoms with Crippen LogP contribution < -0.4 is 10.5 Å². The third kappa shape index (κ3) is 12.5. The summed E-state index contributed by atoms with van der Waals surface area (Å²) in [6.45, 7) is 7.69. The molecule has 1 aromatic carbocycles. The van der Waals surface area contributed by atoms with E-state index in [0.717, 1.165) is 30.8 Å². The Morgan fingerprint density at radius 1 is 0.926 bits per heavy atom. The van der Waals surface area contributed by atoms with Crippen LogP contribution in [0.1, 0.15) is 44.1 Å². The number of aliphatic hydroxyl groups is 2. The zero-order chi connectivity index (χ0) is 19.5. The van der Waals surface area contributed by atoms with Crippen LogP contribution in [-0.4, -0.2) is 43.6 Å². The highest BCUT2D eigenvalue weighted by molar-refractivity contribution is 6.76. The quantitative estimate of drug-likeness (QED) is 0.310. The molecule has 4 nitrogen and oxygen atoms in total. The smallest absolute Gasteiger partial charge is 0.119 e. The number of hydrogen-bond acceptors (Lipinski definition) is 4. The highest BCUT2D eigenvalue weighted by Crippen LogP contribution is 2.17. The van der Waals surface area contributed by atoms with Crippen LogP contribution in [0.5, 0.6) is 5.75 Å². The zero-order valence-electron chi connectivity index (χ0n) is 17.4. The van der Waals surface area contributed by atoms with Gasteiger partial charge in [-0.15, -0.1) is 12.4 Å². The minimum absolute atomic E-state index is 0. The number of aliphatic hydroxyl groups excluding tert-OH is 2. The maximum Gasteiger partial charge on any atom is 0.119 e. The maximum atomic E-state index is 9.23. The van der Waals surface area contributed by atoms with Gasteiger partial charge in [-0.3, -0.25) is 0 Å². The van der Waals surface area contributed by atoms with E-state index in [1.807, 2.05) is 24.3 Å². The molecule has 1 aromatic rings. The van der Waals surface area contributed by atoms with Gasteiger partial charge in [-0.05, 0) is 37.0 Å². The van der Waals surface area contributed by atoms with Crippen LogP contribution in [-0.2, 0) is 6.42 Å². The lowest BCUT2D eigenvalue weighted by atomic mass is 9.94. The Morgan fingerprint density at radius 3 is 2.04 bits per heavy atom. The summed E-state index contributed by atoms with van der Waals surface area (Å²) in [4.78, 5) is 0. The molecule has 0 aliphatic carbocycles. The second-order valence-corrected chi connectivity index (χ2v) is 14.4. The first-order valence-corrected chi connectivity index (χ1v) is 13.7. The SMILES string of the molecule is C[Si](C)(C)CCCCCCCOc1ccc(CCC(N)(CO)CO)cc1.Cl. The van der Waals surface area contributed by atoms with Gasteiger partial charge >= 0.3 is 0 Å². The van der Waals surface area contributed by atoms with E-state index in [0.29, 0.717) is 6.42 Å². The average molecular weight is 418 g/mol. The van der Waals surface area contributed by atoms with Crippen LogP contribution in [0.15, 0.2) is 24.3 Å². The van der Waals surface area contributed by atoms with Crippen molar-refractivity contribution in [3.8, 4) is 5.75 Å². The Kier molecular flexibility index (Phi) is 13.3. The summed E-state index contributed by atoms with van der Waals surface area (Å²) in [6, 6.07) is 9.47. The minimum Gasteiger partial charge on any atom is -0.494 e. The van der Waals surface area contributed by atoms with Gasteiger partial charge in [-0.1, -0.05) is 63.5 Å². The molecule has 0 amide bonds. The summed E-state index contributed by atoms with van der Waals surface area (Å²) in [5.74, 6) is 0.899. The van der Waals surface area contributed by atoms with Crippen molar-refractivity contribution in [1.82, 2.24) is 0 Å². The number of ether oxygens (including phenoxy) is 1. The molecular weight excluding hydrogens is 378 g/mol. The number of nitrogens with two attached hydrogens (primary N) is 1. The Hall–Kier alpha value is -0.593. The molecule has 0 saturated carbocycles. The van der Waals surface area contributed by atoms with Crippen molar-refractivity contribution in [1.29, 1.82) is 0 Å². The second-order valence-electron chi connectivity index (χ2n) is 8.75. The number of halogens is 1. The molecule has 0 aliphatic rings. The van der Waals surface area contributed by atoms with Gasteiger partial charge in [0.25, 0.3) is 0 Å². The molecule has 0 aliphatic heterocycles. The van der Waals surface area contributed by atoms with E-state index in [1.54, 1.807) is 0 Å². The molecule has 4 N–H and O–H groups in total. The van der Waals surface area contributed by atoms with Gasteiger partial charge in [0.15, 0.2) is 0 Å². The van der Waals surface area contributed by atoms with Crippen molar-refractivity contribution < 1.29 is 14.9 Å². The first kappa shape index (κ1) is 26.4. The first-order valence-electron chi connectivity index (χ1n) is 10.0. The maximum absolute atomic E-state index is 9.23. The number of unbranched alkanes of at least 4 members (excludes halogenated alkanes) is 4. The predicted octanol–water partition coefficient (Wildman–Crippen LogP) is 4.39. The van der Waals surface area contributed by atoms with Crippen molar-refractivity contribution in [2.75, 3.05) is 19.8 Å². The molecular formula is C21H40ClNO3Si. The van der Waals surface area contributed by atoms with Crippen molar-refractivity contribution in [2.24, 2.45) is 5.73 Å². The van der Waals surface area contributed by atoms with Crippen molar-refractivity contribution in [2.45, 2.75) is 76.2 Å². The Balaban J connectivity index is 0.00000676. The second kappa shape index (κ2) is 13.6. The van der Waals surface area contributed by atoms with Gasteiger partial charge in [0.2, 0.25) is 0 Å². The van der Waals surface area contributed by atoms with Crippen LogP contribution in [0.25, 0.3) is 0 Å². The topological polar surface area (TPSA) is 75.7 Å². The molecule has 0 spiro atoms. The average Bonchev–Trinajstić information content (AvgIpc) is 2.62. The lowest BCUT2D eigenvalue weighted by Gasteiger charge is -2.24. The van der Waals surface area contributed by atoms with Gasteiger partial charge in [-0.25, -0.2) is 0 Å². The molecule has 158 valence electrons. The highest BCUT2D eigenvalue weighted by Gasteiger charge is 2.22. The largest absolute Gasteiger partial charge is 0.494 e. The molecule has 27 heavy (non-hydrogen) atoms. The molecule has 0 fully saturated rings. The van der Waals surface area contributed by atoms with Gasteiger partial charge in [0, 0.05) is 8.07 Å². The monoisotopic (exact) mass is 417 g/mol. The molecule has 6 heteroatoms. The fraction of sp³-hybridized carbons (Fsp3) is 0.714. The van der Waals surface area contributed by atoms with Crippen LogP contribution >= 0.6 is 12.4 Å². The molecule has 0 aromatic heterocycles. The lowest BCUT2D eigenvalue weighted by molar-refractivity contribution is 0.115. The minimum atomic E-state index is -0.899. The van der Waals surface area contributed by atoms with Crippen LogP contribution in [0.2, 0.25) is 25.7 Å². The number of hydrogen-bond donors (Lipinski definition) is 3. The standard InChI is InChI=1S/C21H39NO3Si.ClH/c1-26(2,3)16-8-6-4-5-7-15-25-20-11-9-19(10-12-20)13-14-21(22,17-23)18-24;/h9-12,23-24H,4-8,13-18,22H2,1-3H3;1H. The molecule has 0 radical (unpaired) electrons. The summed E-state index contributed by atoms with van der Waals surface area (Å²) in [5.41, 5.74) is 6.13. The summed E-state index contributed by atoms with van der Waals surface area (Å²) in [5, 5.41) is 18.5. The van der Waals surface area contributed by atoms with Crippen molar-refractivity contribution >= 4 is 20.5 Å². The predicted molar refractivity (Wildman–Crippen MR) is 120 cm³/mol. The lowest BCUT2D eigenvalue weighted by Crippen LogP contribution is -2.47. The molecule has 0 atom stereocenters. The van der Waals surface area contributed by atoms with Crippen LogP contribution in [0.3, 0.4) is 0 Å². The molecule has 0 unspecified atom stereocenters. The van der Waals surface area contributed by atoms with Crippen molar-refractivity contribution in [3.05, 3.63) is 29.8 Å². The molecule has 1 rings (SSSR count). The third-order valence-electron chi connectivity index (χ3n) is 4.80. The fourth-order valence-corrected chi connectivity index (χ4v) is 4.14. The number of rotatable bonds is 14. The zero-order valence-corrected chi connectivity index (χ0v) is 19.2. The van der Waals surface area contributed by atoms with Crippen molar-refractivity contribution in [3.63, 3.8) is 0 Å². The van der Waals surface area contributed by atoms with E-state index in [4.69, 9.17) is 10.5 Å². The normalized spacial score (nSPS) is 11.9. The number of benzene rings is 1. The van der Waals surface area contributed by atoms with E-state index in [9.17, 15) is 10.2 Å². The van der Waals surface area contributed by atoms with Crippen LogP contribution in [0, 0.1) is 0 Å². The molecule has 0 saturated heterocycles. The summed E-state index contributed by atoms with van der Waals surface area (Å²) >= 11 is 0. The fourth-order valence-electron chi connectivity index (χ4n) is 2.83. The Labute approximate surface area is 172 Å². The Morgan fingerprint density at radius 2 is 1.48 bits per heavy atom. The van der Waals surface area contributed by atoms with Gasteiger partial charge in [0.1, 0.15) is 5.75 Å². The van der Waals surface area contributed by atoms with E-state index in [2.05, 4.69) is 19.6 Å². The van der Waals surface area contributed by atoms with E-state index >= 15 is 0 Å². The van der Waals surface area contributed by atoms with E-state index < -0.39 is 13.6 Å². The van der Waals surface area contributed by atoms with E-state index in [1.165, 1.54) is 31.7 Å². The molecule has 0 heterocycles. The van der Waals surface area contributed by atoms with Gasteiger partial charge < -0.3 is 20.7 Å². The third-order valence-corrected chi connectivity index (χ3v) is 6.66. The van der Waals surface area contributed by atoms with Gasteiger partial charge in [0.05, 0.1) is 25.4 Å². The van der Waals surface area contributed by atoms with Gasteiger partial charge in [-0.2, -0.15) is 0 Å². The molecule has 0 bridgehead atoms. The summed E-state index contributed by atoms with van der Waals surface area (Å²) < 4.78 is 5.81. The van der Waals surface area contributed by atoms with Crippen LogP contribution in [0.4, 0.5) is 0 Å². The first-order chi connectivity index (χ1) is 12.3.